The van der Waals surface area contributed by atoms with E-state index in [1.807, 2.05) is 42.5 Å². The minimum Gasteiger partial charge on any atom is -0.363 e. The minimum absolute atomic E-state index is 0.142. The van der Waals surface area contributed by atoms with Gasteiger partial charge >= 0.3 is 0 Å². The summed E-state index contributed by atoms with van der Waals surface area (Å²) in [4.78, 5) is 4.22. The standard InChI is InChI=1S/C13H13ClN2/c1-10(11-6-2-3-7-12(11)14)16-13-8-4-5-9-15-13/h2-10H,1H3,(H,15,16)/t10-/m1/s1. The Morgan fingerprint density at radius 1 is 1.12 bits per heavy atom. The molecule has 1 aromatic carbocycles. The van der Waals surface area contributed by atoms with Crippen LogP contribution in [0.3, 0.4) is 0 Å². The predicted octanol–water partition coefficient (Wildman–Crippen LogP) is 3.91. The SMILES string of the molecule is C[C@@H](Nc1ccccn1)c1ccccc1Cl. The zero-order valence-corrected chi connectivity index (χ0v) is 9.78. The first-order chi connectivity index (χ1) is 7.77. The van der Waals surface area contributed by atoms with Crippen molar-refractivity contribution in [1.29, 1.82) is 0 Å². The quantitative estimate of drug-likeness (QED) is 0.868. The van der Waals surface area contributed by atoms with E-state index in [-0.39, 0.29) is 6.04 Å². The van der Waals surface area contributed by atoms with Crippen LogP contribution >= 0.6 is 11.6 Å². The largest absolute Gasteiger partial charge is 0.363 e. The van der Waals surface area contributed by atoms with Crippen molar-refractivity contribution < 1.29 is 0 Å². The van der Waals surface area contributed by atoms with Gasteiger partial charge in [-0.05, 0) is 30.7 Å². The molecule has 0 unspecified atom stereocenters. The summed E-state index contributed by atoms with van der Waals surface area (Å²) < 4.78 is 0. The van der Waals surface area contributed by atoms with E-state index in [9.17, 15) is 0 Å². The molecule has 1 heterocycles. The predicted molar refractivity (Wildman–Crippen MR) is 67.7 cm³/mol. The number of halogens is 1. The minimum atomic E-state index is 0.142. The second-order valence-electron chi connectivity index (χ2n) is 3.60. The average Bonchev–Trinajstić information content (AvgIpc) is 2.31. The van der Waals surface area contributed by atoms with Crippen LogP contribution in [0, 0.1) is 0 Å². The van der Waals surface area contributed by atoms with Crippen LogP contribution in [-0.2, 0) is 0 Å². The molecule has 3 heteroatoms. The zero-order valence-electron chi connectivity index (χ0n) is 9.02. The van der Waals surface area contributed by atoms with E-state index >= 15 is 0 Å². The van der Waals surface area contributed by atoms with E-state index in [0.29, 0.717) is 0 Å². The fourth-order valence-corrected chi connectivity index (χ4v) is 1.87. The van der Waals surface area contributed by atoms with Crippen molar-refractivity contribution in [2.75, 3.05) is 5.32 Å². The van der Waals surface area contributed by atoms with Crippen molar-refractivity contribution in [3.8, 4) is 0 Å². The molecule has 0 saturated heterocycles. The average molecular weight is 233 g/mol. The second-order valence-corrected chi connectivity index (χ2v) is 4.01. The highest BCUT2D eigenvalue weighted by Gasteiger charge is 2.08. The van der Waals surface area contributed by atoms with Crippen molar-refractivity contribution in [3.05, 3.63) is 59.2 Å². The van der Waals surface area contributed by atoms with Crippen molar-refractivity contribution in [2.45, 2.75) is 13.0 Å². The van der Waals surface area contributed by atoms with Crippen molar-refractivity contribution in [1.82, 2.24) is 4.98 Å². The summed E-state index contributed by atoms with van der Waals surface area (Å²) >= 11 is 6.12. The highest BCUT2D eigenvalue weighted by Crippen LogP contribution is 2.24. The van der Waals surface area contributed by atoms with Crippen molar-refractivity contribution in [2.24, 2.45) is 0 Å². The molecule has 0 radical (unpaired) electrons. The summed E-state index contributed by atoms with van der Waals surface area (Å²) in [6.07, 6.45) is 1.77. The number of anilines is 1. The molecule has 16 heavy (non-hydrogen) atoms. The van der Waals surface area contributed by atoms with Crippen LogP contribution in [0.2, 0.25) is 5.02 Å². The summed E-state index contributed by atoms with van der Waals surface area (Å²) in [6.45, 7) is 2.07. The summed E-state index contributed by atoms with van der Waals surface area (Å²) in [7, 11) is 0. The number of benzene rings is 1. The first kappa shape index (κ1) is 11.0. The molecule has 0 amide bonds. The van der Waals surface area contributed by atoms with Crippen molar-refractivity contribution in [3.63, 3.8) is 0 Å². The number of rotatable bonds is 3. The summed E-state index contributed by atoms with van der Waals surface area (Å²) in [5.74, 6) is 0.856. The van der Waals surface area contributed by atoms with Crippen LogP contribution in [0.5, 0.6) is 0 Å². The smallest absolute Gasteiger partial charge is 0.126 e. The highest BCUT2D eigenvalue weighted by molar-refractivity contribution is 6.31. The van der Waals surface area contributed by atoms with E-state index in [4.69, 9.17) is 11.6 Å². The van der Waals surface area contributed by atoms with Gasteiger partial charge in [0.25, 0.3) is 0 Å². The molecule has 0 aliphatic carbocycles. The number of aromatic nitrogens is 1. The maximum atomic E-state index is 6.12. The second kappa shape index (κ2) is 4.99. The number of hydrogen-bond donors (Lipinski definition) is 1. The maximum Gasteiger partial charge on any atom is 0.126 e. The van der Waals surface area contributed by atoms with Crippen LogP contribution in [0.4, 0.5) is 5.82 Å². The molecule has 0 spiro atoms. The van der Waals surface area contributed by atoms with Crippen LogP contribution in [-0.4, -0.2) is 4.98 Å². The van der Waals surface area contributed by atoms with Gasteiger partial charge in [-0.3, -0.25) is 0 Å². The summed E-state index contributed by atoms with van der Waals surface area (Å²) in [5.41, 5.74) is 1.08. The molecule has 1 N–H and O–H groups in total. The van der Waals surface area contributed by atoms with Gasteiger partial charge in [0.2, 0.25) is 0 Å². The topological polar surface area (TPSA) is 24.9 Å². The number of nitrogens with zero attached hydrogens (tertiary/aromatic N) is 1. The van der Waals surface area contributed by atoms with E-state index in [2.05, 4.69) is 17.2 Å². The van der Waals surface area contributed by atoms with Gasteiger partial charge in [0, 0.05) is 11.2 Å². The Kier molecular flexibility index (Phi) is 3.42. The van der Waals surface area contributed by atoms with E-state index < -0.39 is 0 Å². The lowest BCUT2D eigenvalue weighted by Crippen LogP contribution is -2.07. The van der Waals surface area contributed by atoms with Gasteiger partial charge in [-0.2, -0.15) is 0 Å². The lowest BCUT2D eigenvalue weighted by molar-refractivity contribution is 0.875. The molecule has 0 saturated carbocycles. The van der Waals surface area contributed by atoms with E-state index in [1.54, 1.807) is 6.20 Å². The zero-order chi connectivity index (χ0) is 11.4. The van der Waals surface area contributed by atoms with Crippen LogP contribution in [0.25, 0.3) is 0 Å². The normalized spacial score (nSPS) is 12.1. The fraction of sp³-hybridized carbons (Fsp3) is 0.154. The Morgan fingerprint density at radius 2 is 1.88 bits per heavy atom. The third-order valence-corrected chi connectivity index (χ3v) is 2.75. The molecular formula is C13H13ClN2. The number of pyridine rings is 1. The first-order valence-electron chi connectivity index (χ1n) is 5.19. The Bertz CT molecular complexity index is 456. The molecule has 0 aliphatic heterocycles. The molecule has 82 valence electrons. The molecule has 2 rings (SSSR count). The first-order valence-corrected chi connectivity index (χ1v) is 5.57. The monoisotopic (exact) mass is 232 g/mol. The van der Waals surface area contributed by atoms with Gasteiger partial charge < -0.3 is 5.32 Å². The molecule has 2 nitrogen and oxygen atoms in total. The van der Waals surface area contributed by atoms with Crippen molar-refractivity contribution >= 4 is 17.4 Å². The highest BCUT2D eigenvalue weighted by atomic mass is 35.5. The van der Waals surface area contributed by atoms with E-state index in [0.717, 1.165) is 16.4 Å². The summed E-state index contributed by atoms with van der Waals surface area (Å²) in [5, 5.41) is 4.08. The van der Waals surface area contributed by atoms with Gasteiger partial charge in [0.15, 0.2) is 0 Å². The van der Waals surface area contributed by atoms with Crippen LogP contribution in [0.1, 0.15) is 18.5 Å². The molecule has 1 atom stereocenters. The van der Waals surface area contributed by atoms with Gasteiger partial charge in [-0.15, -0.1) is 0 Å². The van der Waals surface area contributed by atoms with Gasteiger partial charge in [-0.25, -0.2) is 4.98 Å². The molecular weight excluding hydrogens is 220 g/mol. The Labute approximate surface area is 100 Å². The Hall–Kier alpha value is -1.54. The van der Waals surface area contributed by atoms with Gasteiger partial charge in [0.05, 0.1) is 6.04 Å². The maximum absolute atomic E-state index is 6.12. The van der Waals surface area contributed by atoms with Crippen LogP contribution < -0.4 is 5.32 Å². The van der Waals surface area contributed by atoms with Gasteiger partial charge in [0.1, 0.15) is 5.82 Å². The lowest BCUT2D eigenvalue weighted by Gasteiger charge is -2.15. The Balaban J connectivity index is 2.15. The molecule has 1 aromatic heterocycles. The number of hydrogen-bond acceptors (Lipinski definition) is 2. The molecule has 0 fully saturated rings. The third-order valence-electron chi connectivity index (χ3n) is 2.40. The molecule has 2 aromatic rings. The lowest BCUT2D eigenvalue weighted by atomic mass is 10.1. The van der Waals surface area contributed by atoms with Crippen LogP contribution in [0.15, 0.2) is 48.7 Å². The third kappa shape index (κ3) is 2.52. The molecule has 0 aliphatic rings. The van der Waals surface area contributed by atoms with E-state index in [1.165, 1.54) is 0 Å². The fourth-order valence-electron chi connectivity index (χ4n) is 1.57. The summed E-state index contributed by atoms with van der Waals surface area (Å²) in [6, 6.07) is 13.8. The Morgan fingerprint density at radius 3 is 2.56 bits per heavy atom. The van der Waals surface area contributed by atoms with Gasteiger partial charge in [-0.1, -0.05) is 35.9 Å². The number of nitrogens with one attached hydrogen (secondary N) is 1. The molecule has 0 bridgehead atoms.